The number of hydrogen-bond acceptors (Lipinski definition) is 6. The van der Waals surface area contributed by atoms with Gasteiger partial charge in [-0.2, -0.15) is 0 Å². The molecule has 140 valence electrons. The van der Waals surface area contributed by atoms with Crippen molar-refractivity contribution in [2.75, 3.05) is 29.2 Å². The number of carbonyl (C=O) groups excluding carboxylic acids is 1. The van der Waals surface area contributed by atoms with Gasteiger partial charge < -0.3 is 10.6 Å². The average Bonchev–Trinajstić information content (AvgIpc) is 2.60. The molecule has 0 saturated carbocycles. The molecule has 0 radical (unpaired) electrons. The minimum atomic E-state index is -3.28. The van der Waals surface area contributed by atoms with Crippen molar-refractivity contribution in [3.05, 3.63) is 48.5 Å². The zero-order chi connectivity index (χ0) is 19.4. The molecule has 26 heavy (non-hydrogen) atoms. The van der Waals surface area contributed by atoms with E-state index in [0.29, 0.717) is 11.4 Å². The minimum Gasteiger partial charge on any atom is -0.376 e. The molecule has 0 aliphatic rings. The van der Waals surface area contributed by atoms with Crippen LogP contribution < -0.4 is 10.6 Å². The smallest absolute Gasteiger partial charge is 0.243 e. The highest BCUT2D eigenvalue weighted by Gasteiger charge is 2.11. The first-order chi connectivity index (χ1) is 12.1. The van der Waals surface area contributed by atoms with Gasteiger partial charge in [0.25, 0.3) is 0 Å². The summed E-state index contributed by atoms with van der Waals surface area (Å²) in [5.74, 6) is -0.289. The summed E-state index contributed by atoms with van der Waals surface area (Å²) >= 11 is 0. The lowest BCUT2D eigenvalue weighted by Gasteiger charge is -2.09. The molecular formula is C17H20N2O5S2. The fourth-order valence-corrected chi connectivity index (χ4v) is 3.63. The van der Waals surface area contributed by atoms with Gasteiger partial charge in [-0.05, 0) is 48.5 Å². The van der Waals surface area contributed by atoms with Crippen molar-refractivity contribution in [1.29, 1.82) is 0 Å². The largest absolute Gasteiger partial charge is 0.376 e. The summed E-state index contributed by atoms with van der Waals surface area (Å²) in [6, 6.07) is 12.0. The maximum Gasteiger partial charge on any atom is 0.243 e. The Morgan fingerprint density at radius 3 is 1.85 bits per heavy atom. The first-order valence-corrected chi connectivity index (χ1v) is 11.3. The van der Waals surface area contributed by atoms with Crippen LogP contribution in [-0.2, 0) is 24.5 Å². The zero-order valence-corrected chi connectivity index (χ0v) is 16.0. The Kier molecular flexibility index (Phi) is 6.04. The second kappa shape index (κ2) is 7.88. The number of anilines is 2. The highest BCUT2D eigenvalue weighted by Crippen LogP contribution is 2.16. The molecule has 0 bridgehead atoms. The van der Waals surface area contributed by atoms with E-state index in [2.05, 4.69) is 10.6 Å². The number of hydrogen-bond donors (Lipinski definition) is 2. The lowest BCUT2D eigenvalue weighted by Crippen LogP contribution is -2.21. The van der Waals surface area contributed by atoms with Crippen LogP contribution >= 0.6 is 0 Å². The summed E-state index contributed by atoms with van der Waals surface area (Å²) in [7, 11) is -6.53. The highest BCUT2D eigenvalue weighted by molar-refractivity contribution is 7.91. The molecule has 0 spiro atoms. The molecule has 0 aliphatic carbocycles. The van der Waals surface area contributed by atoms with Gasteiger partial charge in [0, 0.05) is 17.6 Å². The van der Waals surface area contributed by atoms with Gasteiger partial charge in [-0.15, -0.1) is 0 Å². The van der Waals surface area contributed by atoms with Gasteiger partial charge in [-0.25, -0.2) is 16.8 Å². The molecule has 0 unspecified atom stereocenters. The Morgan fingerprint density at radius 1 is 0.846 bits per heavy atom. The molecule has 0 aromatic heterocycles. The van der Waals surface area contributed by atoms with Crippen LogP contribution in [0.3, 0.4) is 0 Å². The van der Waals surface area contributed by atoms with Crippen molar-refractivity contribution in [1.82, 2.24) is 0 Å². The van der Waals surface area contributed by atoms with Crippen molar-refractivity contribution < 1.29 is 21.6 Å². The normalized spacial score (nSPS) is 11.8. The number of rotatable bonds is 7. The molecular weight excluding hydrogens is 376 g/mol. The molecule has 2 aromatic rings. The van der Waals surface area contributed by atoms with E-state index in [1.54, 1.807) is 19.1 Å². The molecule has 7 nitrogen and oxygen atoms in total. The molecule has 0 saturated heterocycles. The summed E-state index contributed by atoms with van der Waals surface area (Å²) in [6.45, 7) is 1.56. The van der Waals surface area contributed by atoms with Gasteiger partial charge in [0.1, 0.15) is 0 Å². The van der Waals surface area contributed by atoms with Gasteiger partial charge in [0.2, 0.25) is 5.91 Å². The predicted molar refractivity (Wildman–Crippen MR) is 101 cm³/mol. The third-order valence-electron chi connectivity index (χ3n) is 3.61. The van der Waals surface area contributed by atoms with Gasteiger partial charge in [0.15, 0.2) is 19.7 Å². The fourth-order valence-electron chi connectivity index (χ4n) is 2.12. The lowest BCUT2D eigenvalue weighted by molar-refractivity contribution is -0.114. The number of nitrogens with one attached hydrogen (secondary N) is 2. The molecule has 0 atom stereocenters. The van der Waals surface area contributed by atoms with Crippen molar-refractivity contribution in [2.45, 2.75) is 16.7 Å². The summed E-state index contributed by atoms with van der Waals surface area (Å²) in [4.78, 5) is 12.4. The third-order valence-corrected chi connectivity index (χ3v) is 6.49. The summed E-state index contributed by atoms with van der Waals surface area (Å²) in [5.41, 5.74) is 1.09. The second-order valence-electron chi connectivity index (χ2n) is 5.63. The van der Waals surface area contributed by atoms with E-state index < -0.39 is 19.7 Å². The standard InChI is InChI=1S/C17H20N2O5S2/c1-3-26(23,24)16-10-4-13(5-11-16)18-12-17(20)19-14-6-8-15(9-7-14)25(2,21)22/h4-11,18H,3,12H2,1-2H3,(H,19,20). The Labute approximate surface area is 153 Å². The van der Waals surface area contributed by atoms with Crippen LogP contribution in [0.2, 0.25) is 0 Å². The molecule has 0 fully saturated rings. The predicted octanol–water partition coefficient (Wildman–Crippen LogP) is 1.93. The molecule has 2 aromatic carbocycles. The van der Waals surface area contributed by atoms with Crippen molar-refractivity contribution in [3.8, 4) is 0 Å². The lowest BCUT2D eigenvalue weighted by atomic mass is 10.3. The molecule has 2 rings (SSSR count). The fraction of sp³-hybridized carbons (Fsp3) is 0.235. The van der Waals surface area contributed by atoms with Gasteiger partial charge in [-0.3, -0.25) is 4.79 Å². The maximum absolute atomic E-state index is 12.0. The Bertz CT molecular complexity index is 980. The van der Waals surface area contributed by atoms with Crippen LogP contribution in [0.15, 0.2) is 58.3 Å². The second-order valence-corrected chi connectivity index (χ2v) is 9.92. The summed E-state index contributed by atoms with van der Waals surface area (Å²) < 4.78 is 46.3. The molecule has 1 amide bonds. The van der Waals surface area contributed by atoms with Crippen LogP contribution in [0.5, 0.6) is 0 Å². The number of carbonyl (C=O) groups is 1. The molecule has 0 heterocycles. The number of amides is 1. The van der Waals surface area contributed by atoms with E-state index in [9.17, 15) is 21.6 Å². The number of sulfone groups is 2. The minimum absolute atomic E-state index is 0.0201. The van der Waals surface area contributed by atoms with E-state index in [-0.39, 0.29) is 28.0 Å². The number of benzene rings is 2. The topological polar surface area (TPSA) is 109 Å². The maximum atomic E-state index is 12.0. The Balaban J connectivity index is 1.93. The van der Waals surface area contributed by atoms with Crippen LogP contribution in [0.25, 0.3) is 0 Å². The first-order valence-electron chi connectivity index (χ1n) is 7.78. The van der Waals surface area contributed by atoms with E-state index >= 15 is 0 Å². The van der Waals surface area contributed by atoms with Crippen LogP contribution in [-0.4, -0.2) is 41.3 Å². The van der Waals surface area contributed by atoms with Gasteiger partial charge >= 0.3 is 0 Å². The van der Waals surface area contributed by atoms with Crippen molar-refractivity contribution in [2.24, 2.45) is 0 Å². The molecule has 2 N–H and O–H groups in total. The van der Waals surface area contributed by atoms with Crippen molar-refractivity contribution in [3.63, 3.8) is 0 Å². The average molecular weight is 396 g/mol. The Morgan fingerprint density at radius 2 is 1.35 bits per heavy atom. The van der Waals surface area contributed by atoms with E-state index in [1.807, 2.05) is 0 Å². The van der Waals surface area contributed by atoms with E-state index in [4.69, 9.17) is 0 Å². The molecule has 0 aliphatic heterocycles. The summed E-state index contributed by atoms with van der Waals surface area (Å²) in [6.07, 6.45) is 1.11. The zero-order valence-electron chi connectivity index (χ0n) is 14.4. The monoisotopic (exact) mass is 396 g/mol. The van der Waals surface area contributed by atoms with E-state index in [1.165, 1.54) is 36.4 Å². The van der Waals surface area contributed by atoms with E-state index in [0.717, 1.165) is 6.26 Å². The molecule has 9 heteroatoms. The first kappa shape index (κ1) is 19.9. The van der Waals surface area contributed by atoms with Crippen LogP contribution in [0.1, 0.15) is 6.92 Å². The van der Waals surface area contributed by atoms with Gasteiger partial charge in [0.05, 0.1) is 22.1 Å². The quantitative estimate of drug-likeness (QED) is 0.740. The van der Waals surface area contributed by atoms with Gasteiger partial charge in [-0.1, -0.05) is 6.92 Å². The van der Waals surface area contributed by atoms with Crippen molar-refractivity contribution >= 4 is 37.0 Å². The third kappa shape index (κ3) is 5.30. The summed E-state index contributed by atoms with van der Waals surface area (Å²) in [5, 5.41) is 5.54. The Hall–Kier alpha value is -2.39. The van der Waals surface area contributed by atoms with Crippen LogP contribution in [0, 0.1) is 0 Å². The highest BCUT2D eigenvalue weighted by atomic mass is 32.2. The SMILES string of the molecule is CCS(=O)(=O)c1ccc(NCC(=O)Nc2ccc(S(C)(=O)=O)cc2)cc1. The van der Waals surface area contributed by atoms with Crippen LogP contribution in [0.4, 0.5) is 11.4 Å².